The van der Waals surface area contributed by atoms with E-state index in [2.05, 4.69) is 41.4 Å². The summed E-state index contributed by atoms with van der Waals surface area (Å²) in [5.41, 5.74) is 2.94. The first-order valence-corrected chi connectivity index (χ1v) is 7.90. The fourth-order valence-corrected chi connectivity index (χ4v) is 3.58. The quantitative estimate of drug-likeness (QED) is 0.891. The lowest BCUT2D eigenvalue weighted by Crippen LogP contribution is -2.30. The second-order valence-electron chi connectivity index (χ2n) is 6.16. The number of nitrogens with zero attached hydrogens (tertiary/aromatic N) is 1. The summed E-state index contributed by atoms with van der Waals surface area (Å²) in [6.45, 7) is 7.27. The van der Waals surface area contributed by atoms with Crippen molar-refractivity contribution in [3.05, 3.63) is 29.8 Å². The first-order chi connectivity index (χ1) is 9.34. The summed E-state index contributed by atoms with van der Waals surface area (Å²) < 4.78 is 0. The molecule has 0 radical (unpaired) electrons. The van der Waals surface area contributed by atoms with E-state index in [1.165, 1.54) is 63.1 Å². The van der Waals surface area contributed by atoms with Crippen molar-refractivity contribution in [2.45, 2.75) is 38.5 Å². The third-order valence-electron chi connectivity index (χ3n) is 4.98. The molecular formula is C17H28Cl2N2. The highest BCUT2D eigenvalue weighted by molar-refractivity contribution is 5.85. The summed E-state index contributed by atoms with van der Waals surface area (Å²) in [7, 11) is 0. The van der Waals surface area contributed by atoms with Gasteiger partial charge in [0.1, 0.15) is 0 Å². The highest BCUT2D eigenvalue weighted by Crippen LogP contribution is 2.31. The normalized spacial score (nSPS) is 20.5. The van der Waals surface area contributed by atoms with Gasteiger partial charge in [0.15, 0.2) is 0 Å². The Morgan fingerprint density at radius 3 is 2.14 bits per heavy atom. The molecule has 2 heterocycles. The van der Waals surface area contributed by atoms with E-state index in [1.807, 2.05) is 0 Å². The monoisotopic (exact) mass is 330 g/mol. The minimum absolute atomic E-state index is 0. The van der Waals surface area contributed by atoms with Crippen LogP contribution < -0.4 is 10.2 Å². The van der Waals surface area contributed by atoms with Crippen LogP contribution >= 0.6 is 24.8 Å². The Balaban J connectivity index is 0.00000110. The molecule has 0 aliphatic carbocycles. The van der Waals surface area contributed by atoms with Crippen LogP contribution in [0.2, 0.25) is 0 Å². The van der Waals surface area contributed by atoms with Crippen LogP contribution in [0.25, 0.3) is 0 Å². The largest absolute Gasteiger partial charge is 0.372 e. The van der Waals surface area contributed by atoms with Crippen LogP contribution in [-0.4, -0.2) is 26.2 Å². The van der Waals surface area contributed by atoms with Crippen LogP contribution in [0, 0.1) is 5.92 Å². The predicted molar refractivity (Wildman–Crippen MR) is 96.4 cm³/mol. The zero-order valence-corrected chi connectivity index (χ0v) is 14.5. The van der Waals surface area contributed by atoms with Gasteiger partial charge >= 0.3 is 0 Å². The first-order valence-electron chi connectivity index (χ1n) is 7.90. The summed E-state index contributed by atoms with van der Waals surface area (Å²) >= 11 is 0. The molecule has 1 aromatic rings. The summed E-state index contributed by atoms with van der Waals surface area (Å²) in [5.74, 6) is 1.56. The number of rotatable bonds is 3. The van der Waals surface area contributed by atoms with Crippen molar-refractivity contribution >= 4 is 30.5 Å². The topological polar surface area (TPSA) is 15.3 Å². The molecule has 1 unspecified atom stereocenters. The van der Waals surface area contributed by atoms with Gasteiger partial charge in [0.2, 0.25) is 0 Å². The Bertz CT molecular complexity index is 396. The number of benzene rings is 1. The van der Waals surface area contributed by atoms with E-state index in [1.54, 1.807) is 0 Å². The van der Waals surface area contributed by atoms with Crippen molar-refractivity contribution < 1.29 is 0 Å². The number of hydrogen-bond acceptors (Lipinski definition) is 2. The molecule has 2 fully saturated rings. The smallest absolute Gasteiger partial charge is 0.0366 e. The summed E-state index contributed by atoms with van der Waals surface area (Å²) in [5, 5.41) is 3.46. The molecule has 0 aromatic heterocycles. The van der Waals surface area contributed by atoms with E-state index in [0.29, 0.717) is 5.92 Å². The zero-order chi connectivity index (χ0) is 13.1. The number of hydrogen-bond donors (Lipinski definition) is 1. The molecule has 1 N–H and O–H groups in total. The van der Waals surface area contributed by atoms with Gasteiger partial charge < -0.3 is 10.2 Å². The zero-order valence-electron chi connectivity index (χ0n) is 12.9. The van der Waals surface area contributed by atoms with Crippen LogP contribution in [0.4, 0.5) is 5.69 Å². The molecule has 0 spiro atoms. The third kappa shape index (κ3) is 4.51. The number of piperidine rings is 1. The summed E-state index contributed by atoms with van der Waals surface area (Å²) in [6, 6.07) is 9.39. The predicted octanol–water partition coefficient (Wildman–Crippen LogP) is 4.23. The van der Waals surface area contributed by atoms with Gasteiger partial charge in [-0.2, -0.15) is 0 Å². The van der Waals surface area contributed by atoms with E-state index >= 15 is 0 Å². The lowest BCUT2D eigenvalue weighted by atomic mass is 9.82. The van der Waals surface area contributed by atoms with Crippen molar-refractivity contribution in [1.29, 1.82) is 0 Å². The van der Waals surface area contributed by atoms with E-state index < -0.39 is 0 Å². The first kappa shape index (κ1) is 18.6. The molecule has 2 aliphatic heterocycles. The fourth-order valence-electron chi connectivity index (χ4n) is 3.58. The van der Waals surface area contributed by atoms with Gasteiger partial charge in [-0.3, -0.25) is 0 Å². The fraction of sp³-hybridized carbons (Fsp3) is 0.647. The van der Waals surface area contributed by atoms with Gasteiger partial charge in [-0.25, -0.2) is 0 Å². The summed E-state index contributed by atoms with van der Waals surface area (Å²) in [6.07, 6.45) is 5.37. The van der Waals surface area contributed by atoms with E-state index in [9.17, 15) is 0 Å². The highest BCUT2D eigenvalue weighted by Gasteiger charge is 2.21. The molecule has 1 atom stereocenters. The van der Waals surface area contributed by atoms with Gasteiger partial charge in [0.05, 0.1) is 0 Å². The minimum atomic E-state index is 0. The second kappa shape index (κ2) is 8.87. The molecule has 2 aliphatic rings. The standard InChI is InChI=1S/C17H26N2.2ClH/c1-14(16-8-10-18-11-9-16)15-4-6-17(7-5-15)19-12-2-3-13-19;;/h4-7,14,16,18H,2-3,8-13H2,1H3;2*1H. The molecule has 21 heavy (non-hydrogen) atoms. The Morgan fingerprint density at radius 1 is 1.00 bits per heavy atom. The third-order valence-corrected chi connectivity index (χ3v) is 4.98. The second-order valence-corrected chi connectivity index (χ2v) is 6.16. The van der Waals surface area contributed by atoms with Gasteiger partial charge in [0, 0.05) is 18.8 Å². The molecule has 3 rings (SSSR count). The van der Waals surface area contributed by atoms with Gasteiger partial charge in [-0.1, -0.05) is 19.1 Å². The van der Waals surface area contributed by atoms with Crippen LogP contribution in [0.3, 0.4) is 0 Å². The summed E-state index contributed by atoms with van der Waals surface area (Å²) in [4.78, 5) is 2.51. The maximum Gasteiger partial charge on any atom is 0.0366 e. The number of nitrogens with one attached hydrogen (secondary N) is 1. The van der Waals surface area contributed by atoms with Gasteiger partial charge in [0.25, 0.3) is 0 Å². The van der Waals surface area contributed by atoms with Crippen molar-refractivity contribution in [2.24, 2.45) is 5.92 Å². The molecule has 0 amide bonds. The lowest BCUT2D eigenvalue weighted by Gasteiger charge is -2.29. The molecular weight excluding hydrogens is 303 g/mol. The number of halogens is 2. The van der Waals surface area contributed by atoms with E-state index in [-0.39, 0.29) is 24.8 Å². The minimum Gasteiger partial charge on any atom is -0.372 e. The number of anilines is 1. The van der Waals surface area contributed by atoms with Crippen molar-refractivity contribution in [3.8, 4) is 0 Å². The molecule has 1 aromatic carbocycles. The molecule has 4 heteroatoms. The Labute approximate surface area is 141 Å². The van der Waals surface area contributed by atoms with Crippen molar-refractivity contribution in [1.82, 2.24) is 5.32 Å². The van der Waals surface area contributed by atoms with Crippen LogP contribution in [0.15, 0.2) is 24.3 Å². The van der Waals surface area contributed by atoms with Crippen LogP contribution in [0.1, 0.15) is 44.1 Å². The van der Waals surface area contributed by atoms with E-state index in [0.717, 1.165) is 5.92 Å². The maximum atomic E-state index is 3.46. The highest BCUT2D eigenvalue weighted by atomic mass is 35.5. The molecule has 0 saturated carbocycles. The Hall–Kier alpha value is -0.440. The van der Waals surface area contributed by atoms with Gasteiger partial charge in [-0.05, 0) is 68.3 Å². The molecule has 0 bridgehead atoms. The van der Waals surface area contributed by atoms with Crippen molar-refractivity contribution in [3.63, 3.8) is 0 Å². The Kier molecular flexibility index (Phi) is 7.86. The van der Waals surface area contributed by atoms with Crippen molar-refractivity contribution in [2.75, 3.05) is 31.1 Å². The molecule has 2 saturated heterocycles. The Morgan fingerprint density at radius 2 is 1.57 bits per heavy atom. The van der Waals surface area contributed by atoms with Crippen LogP contribution in [0.5, 0.6) is 0 Å². The van der Waals surface area contributed by atoms with E-state index in [4.69, 9.17) is 0 Å². The maximum absolute atomic E-state index is 3.46. The lowest BCUT2D eigenvalue weighted by molar-refractivity contribution is 0.330. The molecule has 120 valence electrons. The average molecular weight is 331 g/mol. The SMILES string of the molecule is CC(c1ccc(N2CCCC2)cc1)C1CCNCC1.Cl.Cl. The van der Waals surface area contributed by atoms with Crippen LogP contribution in [-0.2, 0) is 0 Å². The van der Waals surface area contributed by atoms with Gasteiger partial charge in [-0.15, -0.1) is 24.8 Å². The molecule has 2 nitrogen and oxygen atoms in total. The average Bonchev–Trinajstić information content (AvgIpc) is 3.02.